The van der Waals surface area contributed by atoms with Gasteiger partial charge in [-0.25, -0.2) is 4.39 Å². The van der Waals surface area contributed by atoms with E-state index in [1.807, 2.05) is 43.5 Å². The van der Waals surface area contributed by atoms with E-state index in [0.29, 0.717) is 48.7 Å². The van der Waals surface area contributed by atoms with Crippen molar-refractivity contribution in [3.63, 3.8) is 0 Å². The second-order valence-electron chi connectivity index (χ2n) is 11.5. The van der Waals surface area contributed by atoms with Gasteiger partial charge in [-0.1, -0.05) is 42.8 Å². The fourth-order valence-electron chi connectivity index (χ4n) is 5.77. The number of rotatable bonds is 10. The first-order valence-corrected chi connectivity index (χ1v) is 14.5. The van der Waals surface area contributed by atoms with Gasteiger partial charge in [0.2, 0.25) is 0 Å². The number of hydrogen-bond acceptors (Lipinski definition) is 3. The largest absolute Gasteiger partial charge is 0.461 e. The first-order chi connectivity index (χ1) is 19.4. The highest BCUT2D eigenvalue weighted by Gasteiger charge is 2.35. The number of ether oxygens (including phenoxy) is 1. The van der Waals surface area contributed by atoms with Crippen molar-refractivity contribution in [2.75, 3.05) is 0 Å². The molecule has 2 aliphatic rings. The quantitative estimate of drug-likeness (QED) is 0.272. The fourth-order valence-corrected chi connectivity index (χ4v) is 5.77. The van der Waals surface area contributed by atoms with Gasteiger partial charge in [0.05, 0.1) is 0 Å². The maximum atomic E-state index is 14.0. The molecule has 3 atom stereocenters. The number of aryl methyl sites for hydroxylation is 2. The Morgan fingerprint density at radius 1 is 1.12 bits per heavy atom. The van der Waals surface area contributed by atoms with Crippen LogP contribution in [0.3, 0.4) is 0 Å². The Hall–Kier alpha value is -3.73. The summed E-state index contributed by atoms with van der Waals surface area (Å²) < 4.78 is 20.3. The second kappa shape index (κ2) is 12.6. The predicted molar refractivity (Wildman–Crippen MR) is 159 cm³/mol. The van der Waals surface area contributed by atoms with E-state index < -0.39 is 0 Å². The second-order valence-corrected chi connectivity index (χ2v) is 11.5. The smallest absolute Gasteiger partial charge is 0.136 e. The molecule has 2 N–H and O–H groups in total. The van der Waals surface area contributed by atoms with Crippen LogP contribution in [0.5, 0.6) is 5.75 Å². The van der Waals surface area contributed by atoms with Crippen molar-refractivity contribution in [1.82, 2.24) is 4.98 Å². The minimum atomic E-state index is -0.178. The predicted octanol–water partition coefficient (Wildman–Crippen LogP) is 8.42. The van der Waals surface area contributed by atoms with Gasteiger partial charge in [0.25, 0.3) is 0 Å². The summed E-state index contributed by atoms with van der Waals surface area (Å²) in [5.74, 6) is 2.32. The summed E-state index contributed by atoms with van der Waals surface area (Å²) in [5.41, 5.74) is 5.76. The van der Waals surface area contributed by atoms with E-state index in [4.69, 9.17) is 10.1 Å². The molecule has 2 aromatic carbocycles. The molecule has 3 unspecified atom stereocenters. The molecule has 4 nitrogen and oxygen atoms in total. The number of aromatic nitrogens is 1. The summed E-state index contributed by atoms with van der Waals surface area (Å²) in [5, 5.41) is 8.46. The lowest BCUT2D eigenvalue weighted by molar-refractivity contribution is -0.128. The maximum absolute atomic E-state index is 14.0. The van der Waals surface area contributed by atoms with Crippen molar-refractivity contribution in [3.8, 4) is 5.75 Å². The van der Waals surface area contributed by atoms with Crippen LogP contribution in [-0.4, -0.2) is 16.5 Å². The van der Waals surface area contributed by atoms with Crippen molar-refractivity contribution in [1.29, 1.82) is 5.41 Å². The van der Waals surface area contributed by atoms with Crippen molar-refractivity contribution in [3.05, 3.63) is 107 Å². The van der Waals surface area contributed by atoms with E-state index in [2.05, 4.69) is 36.2 Å². The number of carbonyl (C=O) groups excluding carboxylic acids is 1. The number of aromatic amines is 1. The van der Waals surface area contributed by atoms with E-state index >= 15 is 0 Å². The van der Waals surface area contributed by atoms with Gasteiger partial charge in [0.1, 0.15) is 23.1 Å². The normalized spacial score (nSPS) is 23.7. The Balaban J connectivity index is 1.16. The number of allylic oxidation sites excluding steroid dienone is 4. The van der Waals surface area contributed by atoms with Crippen molar-refractivity contribution < 1.29 is 13.9 Å². The van der Waals surface area contributed by atoms with E-state index in [1.165, 1.54) is 11.6 Å². The number of Topliss-reactive ketones (excluding diaryl/α,β-unsaturated/α-hetero) is 1. The Morgan fingerprint density at radius 2 is 1.95 bits per heavy atom. The number of carbonyl (C=O) groups is 1. The molecule has 0 aliphatic heterocycles. The van der Waals surface area contributed by atoms with Crippen LogP contribution in [0, 0.1) is 35.9 Å². The zero-order valence-electron chi connectivity index (χ0n) is 23.5. The number of nitrogens with one attached hydrogen (secondary N) is 2. The minimum absolute atomic E-state index is 0.115. The molecule has 5 heteroatoms. The molecule has 0 radical (unpaired) electrons. The average molecular weight is 539 g/mol. The highest BCUT2D eigenvalue weighted by atomic mass is 19.1. The third-order valence-electron chi connectivity index (χ3n) is 8.45. The van der Waals surface area contributed by atoms with Gasteiger partial charge >= 0.3 is 0 Å². The number of benzene rings is 2. The zero-order valence-corrected chi connectivity index (χ0v) is 23.5. The molecule has 5 rings (SSSR count). The minimum Gasteiger partial charge on any atom is -0.461 e. The fraction of sp³-hybridized carbons (Fsp3) is 0.371. The molecule has 2 aliphatic carbocycles. The third-order valence-corrected chi connectivity index (χ3v) is 8.45. The summed E-state index contributed by atoms with van der Waals surface area (Å²) in [4.78, 5) is 16.2. The number of H-pyrrole nitrogens is 1. The van der Waals surface area contributed by atoms with Crippen LogP contribution in [0.25, 0.3) is 5.57 Å². The van der Waals surface area contributed by atoms with Gasteiger partial charge < -0.3 is 15.1 Å². The molecule has 1 saturated carbocycles. The van der Waals surface area contributed by atoms with Gasteiger partial charge in [-0.05, 0) is 110 Å². The number of hydrogen-bond donors (Lipinski definition) is 2. The van der Waals surface area contributed by atoms with Gasteiger partial charge in [-0.3, -0.25) is 4.79 Å². The Kier molecular flexibility index (Phi) is 8.78. The molecule has 0 bridgehead atoms. The first kappa shape index (κ1) is 27.8. The molecular weight excluding hydrogens is 499 g/mol. The lowest BCUT2D eigenvalue weighted by Crippen LogP contribution is -2.34. The molecule has 208 valence electrons. The van der Waals surface area contributed by atoms with Gasteiger partial charge in [0, 0.05) is 36.4 Å². The van der Waals surface area contributed by atoms with Crippen LogP contribution in [0.4, 0.5) is 4.39 Å². The number of halogens is 1. The zero-order chi connectivity index (χ0) is 28.1. The molecule has 0 spiro atoms. The number of ketones is 1. The molecule has 40 heavy (non-hydrogen) atoms. The van der Waals surface area contributed by atoms with E-state index in [1.54, 1.807) is 6.07 Å². The standard InChI is InChI=1S/C35H39FN2O2/c1-23-8-17-32(36)27(19-23)5-3-7-35(39)31-16-13-26(31)20-25-10-14-29(15-11-25)40-30-21-28(34-6-4-18-38-34)12-9-24(2)33(37)22-30/h4,6,8,10-12,14-15,17-19,21,24,26,31,37-38H,3,5,7,9,13,16,20,22H2,1-2H3/b28-12-,30-21+,37-33?. The van der Waals surface area contributed by atoms with E-state index in [9.17, 15) is 9.18 Å². The lowest BCUT2D eigenvalue weighted by Gasteiger charge is -2.35. The highest BCUT2D eigenvalue weighted by Crippen LogP contribution is 2.39. The Labute approximate surface area is 236 Å². The van der Waals surface area contributed by atoms with Crippen molar-refractivity contribution in [2.45, 2.75) is 65.2 Å². The van der Waals surface area contributed by atoms with Crippen molar-refractivity contribution in [2.24, 2.45) is 17.8 Å². The van der Waals surface area contributed by atoms with Gasteiger partial charge in [-0.15, -0.1) is 0 Å². The van der Waals surface area contributed by atoms with Crippen LogP contribution in [0.1, 0.15) is 67.8 Å². The van der Waals surface area contributed by atoms with Gasteiger partial charge in [-0.2, -0.15) is 0 Å². The molecule has 1 heterocycles. The lowest BCUT2D eigenvalue weighted by atomic mass is 9.68. The van der Waals surface area contributed by atoms with Crippen LogP contribution in [0.2, 0.25) is 0 Å². The third kappa shape index (κ3) is 6.88. The molecule has 0 amide bonds. The summed E-state index contributed by atoms with van der Waals surface area (Å²) in [7, 11) is 0. The molecule has 0 saturated heterocycles. The Bertz CT molecular complexity index is 1400. The van der Waals surface area contributed by atoms with Crippen LogP contribution in [-0.2, 0) is 17.6 Å². The van der Waals surface area contributed by atoms with E-state index in [-0.39, 0.29) is 17.7 Å². The SMILES string of the molecule is Cc1ccc(F)c(CCCC(=O)C2CCC2Cc2ccc(O/C3=C/C(c4ccc[nH]4)=C/CC(C)C(=N)C3)cc2)c1. The van der Waals surface area contributed by atoms with Gasteiger partial charge in [0.15, 0.2) is 0 Å². The monoisotopic (exact) mass is 538 g/mol. The summed E-state index contributed by atoms with van der Waals surface area (Å²) in [6.07, 6.45) is 12.2. The molecule has 3 aromatic rings. The van der Waals surface area contributed by atoms with Crippen molar-refractivity contribution >= 4 is 17.1 Å². The molecule has 1 fully saturated rings. The maximum Gasteiger partial charge on any atom is 0.136 e. The Morgan fingerprint density at radius 3 is 2.67 bits per heavy atom. The summed E-state index contributed by atoms with van der Waals surface area (Å²) in [6, 6.07) is 17.4. The highest BCUT2D eigenvalue weighted by molar-refractivity contribution is 5.87. The topological polar surface area (TPSA) is 65.9 Å². The first-order valence-electron chi connectivity index (χ1n) is 14.5. The molecule has 1 aromatic heterocycles. The van der Waals surface area contributed by atoms with Crippen LogP contribution < -0.4 is 4.74 Å². The van der Waals surface area contributed by atoms with Crippen LogP contribution >= 0.6 is 0 Å². The van der Waals surface area contributed by atoms with Crippen LogP contribution in [0.15, 0.2) is 78.7 Å². The molecular formula is C35H39FN2O2. The summed E-state index contributed by atoms with van der Waals surface area (Å²) >= 11 is 0. The van der Waals surface area contributed by atoms with E-state index in [0.717, 1.165) is 54.0 Å². The average Bonchev–Trinajstić information content (AvgIpc) is 3.46. The summed E-state index contributed by atoms with van der Waals surface area (Å²) in [6.45, 7) is 4.05.